The lowest BCUT2D eigenvalue weighted by Gasteiger charge is -2.35. The van der Waals surface area contributed by atoms with Gasteiger partial charge in [0, 0.05) is 22.7 Å². The first-order valence-corrected chi connectivity index (χ1v) is 21.7. The molecule has 4 heteroatoms. The van der Waals surface area contributed by atoms with Gasteiger partial charge in [0.1, 0.15) is 5.82 Å². The zero-order valence-corrected chi connectivity index (χ0v) is 33.4. The average Bonchev–Trinajstić information content (AvgIpc) is 3.64. The molecule has 3 nitrogen and oxygen atoms in total. The van der Waals surface area contributed by atoms with Crippen LogP contribution in [0.3, 0.4) is 0 Å². The topological polar surface area (TPSA) is 30.7 Å². The van der Waals surface area contributed by atoms with Crippen LogP contribution in [-0.2, 0) is 0 Å². The molecule has 0 aliphatic rings. The van der Waals surface area contributed by atoms with Crippen molar-refractivity contribution in [1.82, 2.24) is 14.5 Å². The van der Waals surface area contributed by atoms with Gasteiger partial charge < -0.3 is 0 Å². The Kier molecular flexibility index (Phi) is 9.28. The molecule has 0 saturated carbocycles. The molecule has 0 bridgehead atoms. The molecule has 2 aromatic heterocycles. The van der Waals surface area contributed by atoms with Crippen molar-refractivity contribution in [2.24, 2.45) is 0 Å². The van der Waals surface area contributed by atoms with Crippen molar-refractivity contribution < 1.29 is 0 Å². The third-order valence-corrected chi connectivity index (χ3v) is 16.1. The Bertz CT molecular complexity index is 2750. The first-order valence-electron chi connectivity index (χ1n) is 19.7. The fraction of sp³-hybridized carbons (Fsp3) is 0.115. The van der Waals surface area contributed by atoms with Crippen molar-refractivity contribution >= 4 is 50.6 Å². The van der Waals surface area contributed by atoms with Crippen LogP contribution >= 0.6 is 0 Å². The first-order chi connectivity index (χ1) is 27.4. The Balaban J connectivity index is 1.34. The molecule has 0 radical (unpaired) electrons. The lowest BCUT2D eigenvalue weighted by atomic mass is 9.92. The second-order valence-corrected chi connectivity index (χ2v) is 19.2. The second-order valence-electron chi connectivity index (χ2n) is 15.4. The number of hydrogen-bond donors (Lipinski definition) is 0. The smallest absolute Gasteiger partial charge is 0.179 e. The van der Waals surface area contributed by atoms with Gasteiger partial charge in [-0.3, -0.25) is 9.55 Å². The summed E-state index contributed by atoms with van der Waals surface area (Å²) in [5.74, 6) is 1.63. The van der Waals surface area contributed by atoms with E-state index in [1.807, 2.05) is 6.20 Å². The van der Waals surface area contributed by atoms with Crippen molar-refractivity contribution in [3.63, 3.8) is 0 Å². The van der Waals surface area contributed by atoms with Crippen LogP contribution in [0.25, 0.3) is 50.1 Å². The maximum Gasteiger partial charge on any atom is 0.179 e. The molecular formula is C52H45N3Si. The van der Waals surface area contributed by atoms with Crippen molar-refractivity contribution in [2.75, 3.05) is 0 Å². The standard InChI is InChI=1S/C52H45N3Si/c1-36(2)45-28-17-29-46(37(3)4)51(45)55-49-31-14-13-30-48(49)54-52(55)40-20-16-26-44(35-40)56(41-21-7-5-8-22-41,42-23-9-6-10-24-42)43-25-15-19-39(34-43)50-47-27-12-11-18-38(47)32-33-53-50/h5-37H,1-4H3. The molecule has 9 rings (SSSR count). The Labute approximate surface area is 331 Å². The largest absolute Gasteiger partial charge is 0.292 e. The molecule has 0 aliphatic carbocycles. The third-order valence-electron chi connectivity index (χ3n) is 11.3. The molecule has 0 fully saturated rings. The maximum atomic E-state index is 5.45. The molecule has 0 spiro atoms. The van der Waals surface area contributed by atoms with E-state index in [0.717, 1.165) is 39.1 Å². The normalized spacial score (nSPS) is 11.9. The third kappa shape index (κ3) is 5.98. The Hall–Kier alpha value is -6.36. The molecule has 272 valence electrons. The zero-order valence-electron chi connectivity index (χ0n) is 32.4. The number of nitrogens with zero attached hydrogens (tertiary/aromatic N) is 3. The minimum atomic E-state index is -2.95. The van der Waals surface area contributed by atoms with E-state index in [-0.39, 0.29) is 0 Å². The number of hydrogen-bond acceptors (Lipinski definition) is 2. The molecule has 0 N–H and O–H groups in total. The van der Waals surface area contributed by atoms with E-state index in [0.29, 0.717) is 11.8 Å². The van der Waals surface area contributed by atoms with Gasteiger partial charge in [-0.1, -0.05) is 191 Å². The van der Waals surface area contributed by atoms with Crippen LogP contribution in [0.4, 0.5) is 0 Å². The van der Waals surface area contributed by atoms with E-state index >= 15 is 0 Å². The fourth-order valence-electron chi connectivity index (χ4n) is 8.73. The van der Waals surface area contributed by atoms with Gasteiger partial charge in [-0.25, -0.2) is 4.98 Å². The van der Waals surface area contributed by atoms with Crippen LogP contribution in [0.5, 0.6) is 0 Å². The highest BCUT2D eigenvalue weighted by Gasteiger charge is 2.42. The molecular weight excluding hydrogens is 695 g/mol. The summed E-state index contributed by atoms with van der Waals surface area (Å²) in [6.07, 6.45) is 1.93. The minimum Gasteiger partial charge on any atom is -0.292 e. The van der Waals surface area contributed by atoms with E-state index < -0.39 is 8.07 Å². The monoisotopic (exact) mass is 739 g/mol. The van der Waals surface area contributed by atoms with E-state index in [1.165, 1.54) is 42.9 Å². The van der Waals surface area contributed by atoms with Crippen molar-refractivity contribution in [3.8, 4) is 28.3 Å². The van der Waals surface area contributed by atoms with Gasteiger partial charge in [0.2, 0.25) is 0 Å². The van der Waals surface area contributed by atoms with Crippen LogP contribution in [0.2, 0.25) is 0 Å². The second kappa shape index (κ2) is 14.7. The van der Waals surface area contributed by atoms with Gasteiger partial charge in [0.25, 0.3) is 0 Å². The molecule has 0 aliphatic heterocycles. The molecule has 0 amide bonds. The van der Waals surface area contributed by atoms with Crippen LogP contribution in [-0.4, -0.2) is 22.6 Å². The first kappa shape index (κ1) is 35.3. The van der Waals surface area contributed by atoms with Crippen LogP contribution in [0.15, 0.2) is 188 Å². The molecule has 2 heterocycles. The van der Waals surface area contributed by atoms with E-state index in [4.69, 9.17) is 9.97 Å². The van der Waals surface area contributed by atoms with Crippen LogP contribution < -0.4 is 20.7 Å². The van der Waals surface area contributed by atoms with E-state index in [9.17, 15) is 0 Å². The quantitative estimate of drug-likeness (QED) is 0.109. The summed E-state index contributed by atoms with van der Waals surface area (Å²) in [6.45, 7) is 9.18. The Morgan fingerprint density at radius 2 is 1.02 bits per heavy atom. The summed E-state index contributed by atoms with van der Waals surface area (Å²) in [5, 5.41) is 7.60. The Morgan fingerprint density at radius 3 is 1.68 bits per heavy atom. The van der Waals surface area contributed by atoms with Gasteiger partial charge in [-0.15, -0.1) is 0 Å². The fourth-order valence-corrected chi connectivity index (χ4v) is 13.6. The van der Waals surface area contributed by atoms with Gasteiger partial charge in [0.05, 0.1) is 22.4 Å². The highest BCUT2D eigenvalue weighted by molar-refractivity contribution is 7.20. The molecule has 0 atom stereocenters. The van der Waals surface area contributed by atoms with E-state index in [2.05, 4.69) is 214 Å². The van der Waals surface area contributed by atoms with Gasteiger partial charge in [-0.05, 0) is 67.3 Å². The summed E-state index contributed by atoms with van der Waals surface area (Å²) >= 11 is 0. The summed E-state index contributed by atoms with van der Waals surface area (Å²) < 4.78 is 2.44. The Morgan fingerprint density at radius 1 is 0.482 bits per heavy atom. The lowest BCUT2D eigenvalue weighted by Crippen LogP contribution is -2.74. The molecule has 7 aromatic carbocycles. The van der Waals surface area contributed by atoms with E-state index in [1.54, 1.807) is 0 Å². The summed E-state index contributed by atoms with van der Waals surface area (Å²) in [5.41, 5.74) is 9.23. The maximum absolute atomic E-state index is 5.45. The van der Waals surface area contributed by atoms with Gasteiger partial charge in [0.15, 0.2) is 8.07 Å². The molecule has 9 aromatic rings. The van der Waals surface area contributed by atoms with Crippen LogP contribution in [0.1, 0.15) is 50.7 Å². The minimum absolute atomic E-state index is 0.337. The summed E-state index contributed by atoms with van der Waals surface area (Å²) in [6, 6.07) is 66.9. The van der Waals surface area contributed by atoms with Gasteiger partial charge >= 0.3 is 0 Å². The number of pyridine rings is 1. The number of rotatable bonds is 9. The predicted octanol–water partition coefficient (Wildman–Crippen LogP) is 10.5. The summed E-state index contributed by atoms with van der Waals surface area (Å²) in [4.78, 5) is 10.4. The number of para-hydroxylation sites is 3. The molecule has 0 saturated heterocycles. The number of fused-ring (bicyclic) bond motifs is 2. The van der Waals surface area contributed by atoms with Crippen molar-refractivity contribution in [2.45, 2.75) is 39.5 Å². The van der Waals surface area contributed by atoms with Crippen molar-refractivity contribution in [1.29, 1.82) is 0 Å². The number of aromatic nitrogens is 3. The summed E-state index contributed by atoms with van der Waals surface area (Å²) in [7, 11) is -2.95. The zero-order chi connectivity index (χ0) is 38.2. The average molecular weight is 740 g/mol. The highest BCUT2D eigenvalue weighted by Crippen LogP contribution is 2.37. The number of imidazole rings is 1. The SMILES string of the molecule is CC(C)c1cccc(C(C)C)c1-n1c(-c2cccc([Si](c3ccccc3)(c3ccccc3)c3cccc(-c4nccc5ccccc45)c3)c2)nc2ccccc21. The number of benzene rings is 7. The van der Waals surface area contributed by atoms with Crippen molar-refractivity contribution in [3.05, 3.63) is 199 Å². The van der Waals surface area contributed by atoms with Crippen LogP contribution in [0, 0.1) is 0 Å². The predicted molar refractivity (Wildman–Crippen MR) is 239 cm³/mol. The van der Waals surface area contributed by atoms with Gasteiger partial charge in [-0.2, -0.15) is 0 Å². The lowest BCUT2D eigenvalue weighted by molar-refractivity contribution is 0.811. The molecule has 56 heavy (non-hydrogen) atoms. The highest BCUT2D eigenvalue weighted by atomic mass is 28.3. The molecule has 0 unspecified atom stereocenters.